The quantitative estimate of drug-likeness (QED) is 0.732. The maximum atomic E-state index is 13.2. The fourth-order valence-electron chi connectivity index (χ4n) is 3.88. The molecule has 1 aromatic heterocycles. The van der Waals surface area contributed by atoms with Crippen molar-refractivity contribution in [2.24, 2.45) is 0 Å². The first-order valence-electron chi connectivity index (χ1n) is 9.46. The standard InChI is InChI=1S/C20H21N3O4S/c24-28(25,15-7-8-18-19(12-15)27-11-10-26-18)23-9-3-4-14(13-23)20-21-16-5-1-2-6-17(16)22-20/h1-2,5-8,12,14H,3-4,9-11,13H2,(H,21,22). The van der Waals surface area contributed by atoms with Gasteiger partial charge in [0, 0.05) is 25.1 Å². The maximum absolute atomic E-state index is 13.2. The van der Waals surface area contributed by atoms with Gasteiger partial charge >= 0.3 is 0 Å². The van der Waals surface area contributed by atoms with E-state index < -0.39 is 10.0 Å². The average Bonchev–Trinajstić information content (AvgIpc) is 3.18. The summed E-state index contributed by atoms with van der Waals surface area (Å²) in [5, 5.41) is 0. The van der Waals surface area contributed by atoms with E-state index in [1.807, 2.05) is 24.3 Å². The number of rotatable bonds is 3. The normalized spacial score (nSPS) is 20.4. The first-order chi connectivity index (χ1) is 13.6. The van der Waals surface area contributed by atoms with Crippen molar-refractivity contribution in [1.29, 1.82) is 0 Å². The zero-order valence-electron chi connectivity index (χ0n) is 15.3. The molecule has 3 aromatic rings. The number of imidazole rings is 1. The highest BCUT2D eigenvalue weighted by atomic mass is 32.2. The molecule has 2 aromatic carbocycles. The molecule has 3 heterocycles. The van der Waals surface area contributed by atoms with Gasteiger partial charge in [0.1, 0.15) is 19.0 Å². The fourth-order valence-corrected chi connectivity index (χ4v) is 5.42. The molecular weight excluding hydrogens is 378 g/mol. The predicted molar refractivity (Wildman–Crippen MR) is 104 cm³/mol. The molecule has 146 valence electrons. The molecule has 1 saturated heterocycles. The lowest BCUT2D eigenvalue weighted by Crippen LogP contribution is -2.39. The number of sulfonamides is 1. The van der Waals surface area contributed by atoms with Crippen molar-refractivity contribution in [3.05, 3.63) is 48.3 Å². The smallest absolute Gasteiger partial charge is 0.243 e. The van der Waals surface area contributed by atoms with Crippen LogP contribution in [0, 0.1) is 0 Å². The van der Waals surface area contributed by atoms with E-state index in [2.05, 4.69) is 9.97 Å². The van der Waals surface area contributed by atoms with E-state index in [1.54, 1.807) is 22.5 Å². The summed E-state index contributed by atoms with van der Waals surface area (Å²) in [6.45, 7) is 1.82. The molecule has 28 heavy (non-hydrogen) atoms. The van der Waals surface area contributed by atoms with Crippen molar-refractivity contribution < 1.29 is 17.9 Å². The molecule has 1 fully saturated rings. The molecule has 0 amide bonds. The van der Waals surface area contributed by atoms with E-state index in [-0.39, 0.29) is 10.8 Å². The minimum absolute atomic E-state index is 0.0492. The summed E-state index contributed by atoms with van der Waals surface area (Å²) in [6, 6.07) is 12.7. The SMILES string of the molecule is O=S(=O)(c1ccc2c(c1)OCCO2)N1CCCC(c2nc3ccccc3[nH]2)C1. The van der Waals surface area contributed by atoms with Crippen LogP contribution in [0.3, 0.4) is 0 Å². The summed E-state index contributed by atoms with van der Waals surface area (Å²) in [5.41, 5.74) is 1.88. The van der Waals surface area contributed by atoms with Crippen LogP contribution in [-0.4, -0.2) is 49.0 Å². The molecule has 1 unspecified atom stereocenters. The molecule has 2 aliphatic heterocycles. The van der Waals surface area contributed by atoms with Crippen LogP contribution in [0.4, 0.5) is 0 Å². The monoisotopic (exact) mass is 399 g/mol. The number of ether oxygens (including phenoxy) is 2. The first-order valence-corrected chi connectivity index (χ1v) is 10.9. The Balaban J connectivity index is 1.42. The van der Waals surface area contributed by atoms with Crippen LogP contribution >= 0.6 is 0 Å². The van der Waals surface area contributed by atoms with Gasteiger partial charge in [0.15, 0.2) is 11.5 Å². The Bertz CT molecular complexity index is 1090. The van der Waals surface area contributed by atoms with Crippen molar-refractivity contribution in [2.45, 2.75) is 23.7 Å². The zero-order chi connectivity index (χ0) is 19.1. The van der Waals surface area contributed by atoms with Gasteiger partial charge in [-0.3, -0.25) is 0 Å². The highest BCUT2D eigenvalue weighted by Gasteiger charge is 2.33. The zero-order valence-corrected chi connectivity index (χ0v) is 16.1. The topological polar surface area (TPSA) is 84.5 Å². The van der Waals surface area contributed by atoms with Gasteiger partial charge in [0.25, 0.3) is 0 Å². The number of hydrogen-bond acceptors (Lipinski definition) is 5. The number of nitrogens with zero attached hydrogens (tertiary/aromatic N) is 2. The Morgan fingerprint density at radius 1 is 1.07 bits per heavy atom. The molecule has 5 rings (SSSR count). The molecule has 0 aliphatic carbocycles. The van der Waals surface area contributed by atoms with Gasteiger partial charge in [0.05, 0.1) is 15.9 Å². The molecule has 0 bridgehead atoms. The lowest BCUT2D eigenvalue weighted by atomic mass is 9.99. The van der Waals surface area contributed by atoms with Crippen LogP contribution in [0.1, 0.15) is 24.6 Å². The third-order valence-corrected chi connectivity index (χ3v) is 7.19. The van der Waals surface area contributed by atoms with Gasteiger partial charge in [-0.05, 0) is 37.1 Å². The lowest BCUT2D eigenvalue weighted by molar-refractivity contribution is 0.171. The number of nitrogens with one attached hydrogen (secondary N) is 1. The van der Waals surface area contributed by atoms with Crippen molar-refractivity contribution in [2.75, 3.05) is 26.3 Å². The molecule has 0 spiro atoms. The minimum atomic E-state index is -3.61. The molecule has 1 N–H and O–H groups in total. The number of aromatic nitrogens is 2. The second-order valence-electron chi connectivity index (χ2n) is 7.15. The summed E-state index contributed by atoms with van der Waals surface area (Å²) >= 11 is 0. The minimum Gasteiger partial charge on any atom is -0.486 e. The molecule has 0 radical (unpaired) electrons. The molecular formula is C20H21N3O4S. The van der Waals surface area contributed by atoms with Crippen molar-refractivity contribution >= 4 is 21.1 Å². The summed E-state index contributed by atoms with van der Waals surface area (Å²) in [6.07, 6.45) is 1.71. The van der Waals surface area contributed by atoms with Crippen molar-refractivity contribution in [3.63, 3.8) is 0 Å². The summed E-state index contributed by atoms with van der Waals surface area (Å²) < 4.78 is 39.0. The number of benzene rings is 2. The summed E-state index contributed by atoms with van der Waals surface area (Å²) in [5.74, 6) is 1.97. The van der Waals surface area contributed by atoms with Crippen LogP contribution in [0.25, 0.3) is 11.0 Å². The van der Waals surface area contributed by atoms with Gasteiger partial charge in [0.2, 0.25) is 10.0 Å². The van der Waals surface area contributed by atoms with Gasteiger partial charge < -0.3 is 14.5 Å². The highest BCUT2D eigenvalue weighted by Crippen LogP contribution is 2.35. The highest BCUT2D eigenvalue weighted by molar-refractivity contribution is 7.89. The third-order valence-electron chi connectivity index (χ3n) is 5.33. The van der Waals surface area contributed by atoms with Crippen LogP contribution in [-0.2, 0) is 10.0 Å². The fraction of sp³-hybridized carbons (Fsp3) is 0.350. The van der Waals surface area contributed by atoms with Crippen molar-refractivity contribution in [1.82, 2.24) is 14.3 Å². The van der Waals surface area contributed by atoms with E-state index in [1.165, 1.54) is 0 Å². The molecule has 0 saturated carbocycles. The Labute approximate surface area is 163 Å². The average molecular weight is 399 g/mol. The molecule has 1 atom stereocenters. The second kappa shape index (κ2) is 6.79. The number of para-hydroxylation sites is 2. The number of hydrogen-bond donors (Lipinski definition) is 1. The predicted octanol–water partition coefficient (Wildman–Crippen LogP) is 2.90. The van der Waals surface area contributed by atoms with E-state index >= 15 is 0 Å². The third kappa shape index (κ3) is 3.02. The van der Waals surface area contributed by atoms with Gasteiger partial charge in [-0.25, -0.2) is 13.4 Å². The Morgan fingerprint density at radius 3 is 2.75 bits per heavy atom. The van der Waals surface area contributed by atoms with Crippen LogP contribution in [0.5, 0.6) is 11.5 Å². The van der Waals surface area contributed by atoms with E-state index in [0.29, 0.717) is 37.8 Å². The molecule has 7 nitrogen and oxygen atoms in total. The van der Waals surface area contributed by atoms with Crippen LogP contribution in [0.2, 0.25) is 0 Å². The van der Waals surface area contributed by atoms with Crippen LogP contribution in [0.15, 0.2) is 47.4 Å². The van der Waals surface area contributed by atoms with Crippen LogP contribution < -0.4 is 9.47 Å². The molecule has 2 aliphatic rings. The first kappa shape index (κ1) is 17.5. The Kier molecular flexibility index (Phi) is 4.25. The van der Waals surface area contributed by atoms with Crippen molar-refractivity contribution in [3.8, 4) is 11.5 Å². The van der Waals surface area contributed by atoms with Gasteiger partial charge in [-0.15, -0.1) is 0 Å². The van der Waals surface area contributed by atoms with E-state index in [9.17, 15) is 8.42 Å². The summed E-state index contributed by atoms with van der Waals surface area (Å²) in [4.78, 5) is 8.26. The maximum Gasteiger partial charge on any atom is 0.243 e. The number of fused-ring (bicyclic) bond motifs is 2. The summed E-state index contributed by atoms with van der Waals surface area (Å²) in [7, 11) is -3.61. The van der Waals surface area contributed by atoms with Gasteiger partial charge in [-0.2, -0.15) is 4.31 Å². The Morgan fingerprint density at radius 2 is 1.89 bits per heavy atom. The van der Waals surface area contributed by atoms with Gasteiger partial charge in [-0.1, -0.05) is 12.1 Å². The van der Waals surface area contributed by atoms with E-state index in [0.717, 1.165) is 29.7 Å². The number of aromatic amines is 1. The lowest BCUT2D eigenvalue weighted by Gasteiger charge is -2.31. The van der Waals surface area contributed by atoms with E-state index in [4.69, 9.17) is 9.47 Å². The largest absolute Gasteiger partial charge is 0.486 e. The molecule has 8 heteroatoms. The Hall–Kier alpha value is -2.58. The number of H-pyrrole nitrogens is 1. The second-order valence-corrected chi connectivity index (χ2v) is 9.08. The number of piperidine rings is 1.